The van der Waals surface area contributed by atoms with Gasteiger partial charge in [0, 0.05) is 31.3 Å². The molecule has 1 aliphatic heterocycles. The lowest BCUT2D eigenvalue weighted by Crippen LogP contribution is -2.47. The van der Waals surface area contributed by atoms with Crippen molar-refractivity contribution in [3.05, 3.63) is 36.2 Å². The lowest BCUT2D eigenvalue weighted by molar-refractivity contribution is -0.139. The predicted molar refractivity (Wildman–Crippen MR) is 122 cm³/mol. The van der Waals surface area contributed by atoms with Crippen LogP contribution in [-0.4, -0.2) is 85.4 Å². The predicted octanol–water partition coefficient (Wildman–Crippen LogP) is 0.724. The van der Waals surface area contributed by atoms with Gasteiger partial charge in [0.2, 0.25) is 23.4 Å². The van der Waals surface area contributed by atoms with Gasteiger partial charge >= 0.3 is 0 Å². The third-order valence-electron chi connectivity index (χ3n) is 5.37. The van der Waals surface area contributed by atoms with Crippen LogP contribution in [0.1, 0.15) is 30.5 Å². The maximum atomic E-state index is 13.0. The van der Waals surface area contributed by atoms with Gasteiger partial charge in [-0.1, -0.05) is 42.4 Å². The third-order valence-corrected chi connectivity index (χ3v) is 6.38. The Kier molecular flexibility index (Phi) is 8.51. The Labute approximate surface area is 197 Å². The van der Waals surface area contributed by atoms with Crippen molar-refractivity contribution in [2.75, 3.05) is 38.3 Å². The van der Waals surface area contributed by atoms with Gasteiger partial charge in [0.05, 0.1) is 30.9 Å². The number of hydrogen-bond acceptors (Lipinski definition) is 9. The van der Waals surface area contributed by atoms with Gasteiger partial charge in [-0.25, -0.2) is 8.42 Å². The van der Waals surface area contributed by atoms with Crippen LogP contribution in [-0.2, 0) is 24.2 Å². The van der Waals surface area contributed by atoms with E-state index >= 15 is 0 Å². The molecule has 1 N–H and O–H groups in total. The zero-order valence-electron chi connectivity index (χ0n) is 19.1. The number of sulfone groups is 1. The van der Waals surface area contributed by atoms with E-state index in [0.29, 0.717) is 31.9 Å². The Balaban J connectivity index is 1.71. The van der Waals surface area contributed by atoms with Crippen LogP contribution >= 0.6 is 0 Å². The van der Waals surface area contributed by atoms with Gasteiger partial charge in [0.15, 0.2) is 0 Å². The number of nitrogens with zero attached hydrogens (tertiary/aromatic N) is 3. The highest BCUT2D eigenvalue weighted by Crippen LogP contribution is 2.17. The lowest BCUT2D eigenvalue weighted by Gasteiger charge is -2.28. The highest BCUT2D eigenvalue weighted by molar-refractivity contribution is 7.90. The molecule has 1 fully saturated rings. The van der Waals surface area contributed by atoms with E-state index < -0.39 is 39.2 Å². The van der Waals surface area contributed by atoms with Crippen LogP contribution in [0.5, 0.6) is 0 Å². The van der Waals surface area contributed by atoms with Crippen molar-refractivity contribution in [3.8, 4) is 11.4 Å². The van der Waals surface area contributed by atoms with Crippen LogP contribution in [0, 0.1) is 5.92 Å². The Morgan fingerprint density at radius 1 is 1.15 bits per heavy atom. The molecule has 2 heterocycles. The van der Waals surface area contributed by atoms with Crippen molar-refractivity contribution < 1.29 is 32.1 Å². The smallest absolute Gasteiger partial charge is 0.296 e. The number of carbonyl (C=O) groups excluding carboxylic acids is 3. The molecular weight excluding hydrogens is 464 g/mol. The molecule has 184 valence electrons. The fourth-order valence-electron chi connectivity index (χ4n) is 3.57. The Morgan fingerprint density at radius 2 is 1.82 bits per heavy atom. The van der Waals surface area contributed by atoms with E-state index in [1.165, 1.54) is 4.90 Å². The van der Waals surface area contributed by atoms with Crippen molar-refractivity contribution in [2.24, 2.45) is 5.92 Å². The summed E-state index contributed by atoms with van der Waals surface area (Å²) in [6, 6.07) is 7.93. The standard InChI is InChI=1S/C22H28N4O7S/c1-3-17(19(28)22-24-20(25-33-22)15-7-5-4-6-8-15)23-21(29)16(14-34(2,30)31)13-18(27)26-9-11-32-12-10-26/h4-8,16-17H,3,9-14H2,1-2H3,(H,23,29)/t16?,17-/m0/s1. The lowest BCUT2D eigenvalue weighted by atomic mass is 10.0. The second kappa shape index (κ2) is 11.3. The average molecular weight is 493 g/mol. The molecule has 0 radical (unpaired) electrons. The molecule has 34 heavy (non-hydrogen) atoms. The van der Waals surface area contributed by atoms with Gasteiger partial charge in [0.1, 0.15) is 9.84 Å². The molecule has 1 aromatic heterocycles. The second-order valence-corrected chi connectivity index (χ2v) is 10.3. The molecule has 12 heteroatoms. The van der Waals surface area contributed by atoms with Gasteiger partial charge in [0.25, 0.3) is 5.89 Å². The fraction of sp³-hybridized carbons (Fsp3) is 0.500. The van der Waals surface area contributed by atoms with Crippen molar-refractivity contribution >= 4 is 27.4 Å². The Hall–Kier alpha value is -3.12. The molecule has 11 nitrogen and oxygen atoms in total. The fourth-order valence-corrected chi connectivity index (χ4v) is 4.57. The molecule has 2 amide bonds. The number of nitrogens with one attached hydrogen (secondary N) is 1. The first-order chi connectivity index (χ1) is 16.2. The number of amides is 2. The molecule has 1 aliphatic rings. The first-order valence-corrected chi connectivity index (χ1v) is 13.0. The summed E-state index contributed by atoms with van der Waals surface area (Å²) >= 11 is 0. The highest BCUT2D eigenvalue weighted by Gasteiger charge is 2.32. The van der Waals surface area contributed by atoms with Gasteiger partial charge in [-0.15, -0.1) is 0 Å². The second-order valence-electron chi connectivity index (χ2n) is 8.11. The van der Waals surface area contributed by atoms with Crippen LogP contribution in [0.4, 0.5) is 0 Å². The molecule has 1 aromatic carbocycles. The van der Waals surface area contributed by atoms with Crippen LogP contribution in [0.2, 0.25) is 0 Å². The molecule has 0 bridgehead atoms. The number of carbonyl (C=O) groups is 3. The first kappa shape index (κ1) is 25.5. The number of hydrogen-bond donors (Lipinski definition) is 1. The molecule has 2 atom stereocenters. The van der Waals surface area contributed by atoms with Gasteiger partial charge in [-0.05, 0) is 6.42 Å². The minimum absolute atomic E-state index is 0.205. The number of rotatable bonds is 10. The molecule has 2 aromatic rings. The molecule has 1 unspecified atom stereocenters. The minimum Gasteiger partial charge on any atom is -0.378 e. The van der Waals surface area contributed by atoms with Gasteiger partial charge in [-0.2, -0.15) is 4.98 Å². The summed E-state index contributed by atoms with van der Waals surface area (Å²) in [6.07, 6.45) is 0.914. The van der Waals surface area contributed by atoms with E-state index in [9.17, 15) is 22.8 Å². The summed E-state index contributed by atoms with van der Waals surface area (Å²) in [5.41, 5.74) is 0.664. The summed E-state index contributed by atoms with van der Waals surface area (Å²) in [6.45, 7) is 3.21. The number of benzene rings is 1. The van der Waals surface area contributed by atoms with Gasteiger partial charge in [-0.3, -0.25) is 14.4 Å². The number of aromatic nitrogens is 2. The monoisotopic (exact) mass is 492 g/mol. The van der Waals surface area contributed by atoms with E-state index in [0.717, 1.165) is 6.26 Å². The molecule has 0 spiro atoms. The Morgan fingerprint density at radius 3 is 2.44 bits per heavy atom. The van der Waals surface area contributed by atoms with Crippen molar-refractivity contribution in [1.29, 1.82) is 0 Å². The number of Topliss-reactive ketones (excluding diaryl/α,β-unsaturated/α-hetero) is 1. The summed E-state index contributed by atoms with van der Waals surface area (Å²) in [5.74, 6) is -3.33. The number of ether oxygens (including phenoxy) is 1. The van der Waals surface area contributed by atoms with Gasteiger partial charge < -0.3 is 19.5 Å². The van der Waals surface area contributed by atoms with Crippen LogP contribution in [0.25, 0.3) is 11.4 Å². The van der Waals surface area contributed by atoms with Crippen LogP contribution in [0.3, 0.4) is 0 Å². The molecular formula is C22H28N4O7S. The van der Waals surface area contributed by atoms with Crippen LogP contribution < -0.4 is 5.32 Å². The molecule has 3 rings (SSSR count). The first-order valence-electron chi connectivity index (χ1n) is 10.9. The SMILES string of the molecule is CC[C@H](NC(=O)C(CC(=O)N1CCOCC1)CS(C)(=O)=O)C(=O)c1nc(-c2ccccc2)no1. The van der Waals surface area contributed by atoms with E-state index in [-0.39, 0.29) is 30.5 Å². The molecule has 0 aliphatic carbocycles. The maximum absolute atomic E-state index is 13.0. The zero-order valence-corrected chi connectivity index (χ0v) is 19.9. The quantitative estimate of drug-likeness (QED) is 0.474. The molecule has 1 saturated heterocycles. The topological polar surface area (TPSA) is 149 Å². The largest absolute Gasteiger partial charge is 0.378 e. The van der Waals surface area contributed by atoms with Crippen LogP contribution in [0.15, 0.2) is 34.9 Å². The van der Waals surface area contributed by atoms with Crippen molar-refractivity contribution in [1.82, 2.24) is 20.4 Å². The van der Waals surface area contributed by atoms with Crippen molar-refractivity contribution in [2.45, 2.75) is 25.8 Å². The van der Waals surface area contributed by atoms with E-state index in [1.807, 2.05) is 6.07 Å². The zero-order chi connectivity index (χ0) is 24.7. The molecule has 0 saturated carbocycles. The number of morpholine rings is 1. The normalized spacial score (nSPS) is 16.0. The number of ketones is 1. The third kappa shape index (κ3) is 6.94. The summed E-state index contributed by atoms with van der Waals surface area (Å²) in [4.78, 5) is 44.2. The maximum Gasteiger partial charge on any atom is 0.296 e. The highest BCUT2D eigenvalue weighted by atomic mass is 32.2. The average Bonchev–Trinajstić information content (AvgIpc) is 3.32. The summed E-state index contributed by atoms with van der Waals surface area (Å²) in [7, 11) is -3.57. The minimum atomic E-state index is -3.57. The summed E-state index contributed by atoms with van der Waals surface area (Å²) < 4.78 is 34.2. The van der Waals surface area contributed by atoms with E-state index in [1.54, 1.807) is 31.2 Å². The Bertz CT molecular complexity index is 1110. The summed E-state index contributed by atoms with van der Waals surface area (Å²) in [5, 5.41) is 6.39. The van der Waals surface area contributed by atoms with E-state index in [2.05, 4.69) is 15.5 Å². The van der Waals surface area contributed by atoms with E-state index in [4.69, 9.17) is 9.26 Å². The van der Waals surface area contributed by atoms with Crippen molar-refractivity contribution in [3.63, 3.8) is 0 Å².